The van der Waals surface area contributed by atoms with Gasteiger partial charge in [0.25, 0.3) is 0 Å². The van der Waals surface area contributed by atoms with Crippen molar-refractivity contribution >= 4 is 41.3 Å². The maximum absolute atomic E-state index is 6.00. The van der Waals surface area contributed by atoms with E-state index in [4.69, 9.17) is 9.73 Å². The van der Waals surface area contributed by atoms with Gasteiger partial charge in [-0.3, -0.25) is 9.89 Å². The Morgan fingerprint density at radius 1 is 1.42 bits per heavy atom. The van der Waals surface area contributed by atoms with Crippen LogP contribution < -0.4 is 10.6 Å². The van der Waals surface area contributed by atoms with Gasteiger partial charge in [-0.05, 0) is 32.7 Å². The highest BCUT2D eigenvalue weighted by molar-refractivity contribution is 14.0. The summed E-state index contributed by atoms with van der Waals surface area (Å²) in [5.74, 6) is 0.877. The molecule has 1 aromatic rings. The Morgan fingerprint density at radius 2 is 2.31 bits per heavy atom. The van der Waals surface area contributed by atoms with E-state index in [0.717, 1.165) is 51.6 Å². The zero-order chi connectivity index (χ0) is 17.5. The SMILES string of the molecule is CCNC(=NCC1CN2CCCC2CO1)NCCc1ncc(CC)s1.I. The summed E-state index contributed by atoms with van der Waals surface area (Å²) in [5, 5.41) is 7.93. The number of halogens is 1. The van der Waals surface area contributed by atoms with Crippen LogP contribution in [0.5, 0.6) is 0 Å². The zero-order valence-corrected chi connectivity index (χ0v) is 19.0. The summed E-state index contributed by atoms with van der Waals surface area (Å²) in [6.07, 6.45) is 6.81. The number of aromatic nitrogens is 1. The molecule has 0 aromatic carbocycles. The zero-order valence-electron chi connectivity index (χ0n) is 15.9. The lowest BCUT2D eigenvalue weighted by Crippen LogP contribution is -2.47. The molecule has 3 heterocycles. The number of fused-ring (bicyclic) bond motifs is 1. The Morgan fingerprint density at radius 3 is 3.08 bits per heavy atom. The predicted molar refractivity (Wildman–Crippen MR) is 119 cm³/mol. The smallest absolute Gasteiger partial charge is 0.191 e. The van der Waals surface area contributed by atoms with E-state index in [1.54, 1.807) is 11.3 Å². The number of ether oxygens (including phenoxy) is 1. The highest BCUT2D eigenvalue weighted by Crippen LogP contribution is 2.22. The van der Waals surface area contributed by atoms with E-state index < -0.39 is 0 Å². The second kappa shape index (κ2) is 11.4. The molecule has 6 nitrogen and oxygen atoms in total. The summed E-state index contributed by atoms with van der Waals surface area (Å²) >= 11 is 1.81. The molecule has 0 amide bonds. The first kappa shape index (κ1) is 21.8. The molecule has 0 bridgehead atoms. The minimum atomic E-state index is 0. The Bertz CT molecular complexity index is 568. The molecular formula is C18H32IN5OS. The van der Waals surface area contributed by atoms with Gasteiger partial charge in [-0.1, -0.05) is 6.92 Å². The average molecular weight is 493 g/mol. The third-order valence-corrected chi connectivity index (χ3v) is 6.04. The quantitative estimate of drug-likeness (QED) is 0.347. The van der Waals surface area contributed by atoms with Crippen LogP contribution in [0.4, 0.5) is 0 Å². The molecule has 26 heavy (non-hydrogen) atoms. The van der Waals surface area contributed by atoms with Gasteiger partial charge in [0.1, 0.15) is 0 Å². The predicted octanol–water partition coefficient (Wildman–Crippen LogP) is 2.28. The van der Waals surface area contributed by atoms with Crippen molar-refractivity contribution in [2.45, 2.75) is 51.7 Å². The van der Waals surface area contributed by atoms with Crippen LogP contribution in [0.15, 0.2) is 11.2 Å². The molecule has 3 rings (SSSR count). The molecule has 148 valence electrons. The second-order valence-electron chi connectivity index (χ2n) is 6.72. The lowest BCUT2D eigenvalue weighted by atomic mass is 10.2. The topological polar surface area (TPSA) is 61.8 Å². The van der Waals surface area contributed by atoms with Crippen LogP contribution in [0.3, 0.4) is 0 Å². The van der Waals surface area contributed by atoms with Crippen molar-refractivity contribution in [3.05, 3.63) is 16.1 Å². The number of aryl methyl sites for hydroxylation is 1. The summed E-state index contributed by atoms with van der Waals surface area (Å²) in [6, 6.07) is 0.651. The molecule has 8 heteroatoms. The summed E-state index contributed by atoms with van der Waals surface area (Å²) in [6.45, 7) is 9.81. The summed E-state index contributed by atoms with van der Waals surface area (Å²) < 4.78 is 6.00. The minimum Gasteiger partial charge on any atom is -0.373 e. The molecule has 2 N–H and O–H groups in total. The summed E-state index contributed by atoms with van der Waals surface area (Å²) in [4.78, 5) is 13.1. The number of hydrogen-bond donors (Lipinski definition) is 2. The first-order valence-corrected chi connectivity index (χ1v) is 10.4. The van der Waals surface area contributed by atoms with Gasteiger partial charge < -0.3 is 15.4 Å². The molecule has 0 saturated carbocycles. The highest BCUT2D eigenvalue weighted by atomic mass is 127. The number of aliphatic imine (C=N–C) groups is 1. The van der Waals surface area contributed by atoms with E-state index in [1.165, 1.54) is 29.3 Å². The third-order valence-electron chi connectivity index (χ3n) is 4.84. The molecule has 2 saturated heterocycles. The number of hydrogen-bond acceptors (Lipinski definition) is 5. The van der Waals surface area contributed by atoms with Gasteiger partial charge in [0.05, 0.1) is 24.3 Å². The van der Waals surface area contributed by atoms with Gasteiger partial charge in [0, 0.05) is 43.2 Å². The number of thiazole rings is 1. The first-order valence-electron chi connectivity index (χ1n) is 9.60. The van der Waals surface area contributed by atoms with Crippen LogP contribution in [-0.4, -0.2) is 67.3 Å². The maximum atomic E-state index is 6.00. The molecule has 0 spiro atoms. The molecule has 2 aliphatic heterocycles. The van der Waals surface area contributed by atoms with Crippen molar-refractivity contribution in [2.24, 2.45) is 4.99 Å². The number of nitrogens with zero attached hydrogens (tertiary/aromatic N) is 3. The number of guanidine groups is 1. The van der Waals surface area contributed by atoms with Crippen molar-refractivity contribution in [1.82, 2.24) is 20.5 Å². The van der Waals surface area contributed by atoms with Gasteiger partial charge in [0.15, 0.2) is 5.96 Å². The van der Waals surface area contributed by atoms with E-state index in [1.807, 2.05) is 6.20 Å². The lowest BCUT2D eigenvalue weighted by Gasteiger charge is -2.34. The Balaban J connectivity index is 0.00000243. The van der Waals surface area contributed by atoms with Crippen molar-refractivity contribution in [2.75, 3.05) is 39.3 Å². The van der Waals surface area contributed by atoms with E-state index in [9.17, 15) is 0 Å². The van der Waals surface area contributed by atoms with Crippen molar-refractivity contribution in [1.29, 1.82) is 0 Å². The van der Waals surface area contributed by atoms with Crippen molar-refractivity contribution < 1.29 is 4.74 Å². The minimum absolute atomic E-state index is 0. The van der Waals surface area contributed by atoms with Gasteiger partial charge in [0.2, 0.25) is 0 Å². The first-order chi connectivity index (χ1) is 12.3. The van der Waals surface area contributed by atoms with Gasteiger partial charge in [-0.2, -0.15) is 0 Å². The van der Waals surface area contributed by atoms with Crippen molar-refractivity contribution in [3.8, 4) is 0 Å². The van der Waals surface area contributed by atoms with Crippen LogP contribution in [0, 0.1) is 0 Å². The Kier molecular flexibility index (Phi) is 9.58. The van der Waals surface area contributed by atoms with Crippen LogP contribution >= 0.6 is 35.3 Å². The van der Waals surface area contributed by atoms with E-state index in [-0.39, 0.29) is 30.1 Å². The van der Waals surface area contributed by atoms with Gasteiger partial charge in [-0.25, -0.2) is 4.98 Å². The fraction of sp³-hybridized carbons (Fsp3) is 0.778. The largest absolute Gasteiger partial charge is 0.373 e. The van der Waals surface area contributed by atoms with E-state index in [2.05, 4.69) is 34.4 Å². The standard InChI is InChI=1S/C18H31N5OS.HI/c1-3-16-11-21-17(25-16)7-8-20-18(19-4-2)22-10-15-12-23-9-5-6-14(23)13-24-15;/h11,14-15H,3-10,12-13H2,1-2H3,(H2,19,20,22);1H. The Labute approximate surface area is 178 Å². The number of morpholine rings is 1. The fourth-order valence-electron chi connectivity index (χ4n) is 3.45. The molecular weight excluding hydrogens is 461 g/mol. The average Bonchev–Trinajstić information content (AvgIpc) is 3.28. The third kappa shape index (κ3) is 6.31. The molecule has 2 unspecified atom stereocenters. The Hall–Kier alpha value is -0.450. The summed E-state index contributed by atoms with van der Waals surface area (Å²) in [7, 11) is 0. The highest BCUT2D eigenvalue weighted by Gasteiger charge is 2.31. The molecule has 2 fully saturated rings. The van der Waals surface area contributed by atoms with Crippen molar-refractivity contribution in [3.63, 3.8) is 0 Å². The van der Waals surface area contributed by atoms with Crippen LogP contribution in [-0.2, 0) is 17.6 Å². The van der Waals surface area contributed by atoms with E-state index in [0.29, 0.717) is 6.04 Å². The van der Waals surface area contributed by atoms with Crippen LogP contribution in [0.2, 0.25) is 0 Å². The fourth-order valence-corrected chi connectivity index (χ4v) is 4.31. The molecule has 0 radical (unpaired) electrons. The van der Waals surface area contributed by atoms with Gasteiger partial charge in [-0.15, -0.1) is 35.3 Å². The summed E-state index contributed by atoms with van der Waals surface area (Å²) in [5.41, 5.74) is 0. The molecule has 2 atom stereocenters. The normalized spacial score (nSPS) is 23.4. The lowest BCUT2D eigenvalue weighted by molar-refractivity contribution is -0.0432. The maximum Gasteiger partial charge on any atom is 0.191 e. The number of rotatable bonds is 7. The van der Waals surface area contributed by atoms with Crippen LogP contribution in [0.25, 0.3) is 0 Å². The van der Waals surface area contributed by atoms with Crippen LogP contribution in [0.1, 0.15) is 36.6 Å². The molecule has 2 aliphatic rings. The molecule has 1 aromatic heterocycles. The molecule has 0 aliphatic carbocycles. The monoisotopic (exact) mass is 493 g/mol. The number of nitrogens with one attached hydrogen (secondary N) is 2. The van der Waals surface area contributed by atoms with E-state index >= 15 is 0 Å². The second-order valence-corrected chi connectivity index (χ2v) is 7.92. The van der Waals surface area contributed by atoms with Gasteiger partial charge >= 0.3 is 0 Å².